The van der Waals surface area contributed by atoms with Crippen LogP contribution in [0.25, 0.3) is 6.08 Å². The highest BCUT2D eigenvalue weighted by Crippen LogP contribution is 2.39. The van der Waals surface area contributed by atoms with Gasteiger partial charge in [0.1, 0.15) is 5.67 Å². The van der Waals surface area contributed by atoms with Crippen molar-refractivity contribution in [2.75, 3.05) is 0 Å². The zero-order valence-corrected chi connectivity index (χ0v) is 18.2. The Bertz CT molecular complexity index is 828. The van der Waals surface area contributed by atoms with Crippen molar-refractivity contribution in [2.45, 2.75) is 72.4 Å². The minimum atomic E-state index is -1.12. The van der Waals surface area contributed by atoms with Crippen molar-refractivity contribution in [3.8, 4) is 0 Å². The summed E-state index contributed by atoms with van der Waals surface area (Å²) in [6.45, 7) is 14.1. The molecule has 0 aromatic heterocycles. The van der Waals surface area contributed by atoms with E-state index >= 15 is 0 Å². The van der Waals surface area contributed by atoms with Crippen LogP contribution >= 0.6 is 0 Å². The molecule has 150 valence electrons. The van der Waals surface area contributed by atoms with Crippen molar-refractivity contribution < 1.29 is 4.39 Å². The molecule has 1 unspecified atom stereocenters. The standard InChI is InChI=1S/C27H35F/c1-7-8-9-21(4)26-16-17-27(6,28)19-25(26)15-14-24-13-12-23(18-22(24)5)11-10-20(2)3/h7-9,12-15,18H,2,10-11,16-17,19H2,1,3-6H3/b8-7-,15-14+,21-9+. The molecule has 1 aliphatic rings. The molecule has 28 heavy (non-hydrogen) atoms. The quantitative estimate of drug-likeness (QED) is 0.331. The Morgan fingerprint density at radius 1 is 1.25 bits per heavy atom. The van der Waals surface area contributed by atoms with Crippen molar-refractivity contribution in [3.05, 3.63) is 88.1 Å². The molecule has 0 nitrogen and oxygen atoms in total. The number of hydrogen-bond donors (Lipinski definition) is 0. The van der Waals surface area contributed by atoms with Crippen molar-refractivity contribution in [1.29, 1.82) is 0 Å². The Morgan fingerprint density at radius 3 is 2.64 bits per heavy atom. The third kappa shape index (κ3) is 6.48. The van der Waals surface area contributed by atoms with E-state index in [4.69, 9.17) is 0 Å². The third-order valence-corrected chi connectivity index (χ3v) is 5.50. The highest BCUT2D eigenvalue weighted by molar-refractivity contribution is 5.59. The third-order valence-electron chi connectivity index (χ3n) is 5.50. The Hall–Kier alpha value is -2.15. The van der Waals surface area contributed by atoms with Crippen LogP contribution in [0, 0.1) is 6.92 Å². The van der Waals surface area contributed by atoms with Crippen LogP contribution < -0.4 is 0 Å². The van der Waals surface area contributed by atoms with Crippen LogP contribution in [0.15, 0.2) is 71.4 Å². The van der Waals surface area contributed by atoms with Crippen molar-refractivity contribution in [1.82, 2.24) is 0 Å². The number of halogens is 1. The Labute approximate surface area is 171 Å². The molecular formula is C27H35F. The van der Waals surface area contributed by atoms with Crippen LogP contribution in [-0.4, -0.2) is 5.67 Å². The van der Waals surface area contributed by atoms with E-state index in [-0.39, 0.29) is 0 Å². The predicted octanol–water partition coefficient (Wildman–Crippen LogP) is 8.25. The maximum absolute atomic E-state index is 14.7. The fraction of sp³-hybridized carbons (Fsp3) is 0.407. The first kappa shape index (κ1) is 22.1. The van der Waals surface area contributed by atoms with Gasteiger partial charge >= 0.3 is 0 Å². The van der Waals surface area contributed by atoms with E-state index < -0.39 is 5.67 Å². The van der Waals surface area contributed by atoms with Crippen LogP contribution in [0.5, 0.6) is 0 Å². The predicted molar refractivity (Wildman–Crippen MR) is 122 cm³/mol. The average Bonchev–Trinajstić information content (AvgIpc) is 2.63. The van der Waals surface area contributed by atoms with E-state index in [1.807, 2.05) is 13.0 Å². The van der Waals surface area contributed by atoms with Gasteiger partial charge in [0.15, 0.2) is 0 Å². The maximum atomic E-state index is 14.7. The average molecular weight is 379 g/mol. The Balaban J connectivity index is 2.29. The maximum Gasteiger partial charge on any atom is 0.112 e. The summed E-state index contributed by atoms with van der Waals surface area (Å²) in [6, 6.07) is 6.64. The first-order valence-corrected chi connectivity index (χ1v) is 10.3. The number of benzene rings is 1. The highest BCUT2D eigenvalue weighted by Gasteiger charge is 2.30. The van der Waals surface area contributed by atoms with Crippen LogP contribution in [0.1, 0.15) is 70.1 Å². The summed E-state index contributed by atoms with van der Waals surface area (Å²) in [5.41, 5.74) is 7.56. The van der Waals surface area contributed by atoms with E-state index in [9.17, 15) is 4.39 Å². The molecule has 2 rings (SSSR count). The van der Waals surface area contributed by atoms with Gasteiger partial charge < -0.3 is 0 Å². The van der Waals surface area contributed by atoms with Crippen LogP contribution in [0.3, 0.4) is 0 Å². The number of aryl methyl sites for hydroxylation is 2. The smallest absolute Gasteiger partial charge is 0.112 e. The lowest BCUT2D eigenvalue weighted by molar-refractivity contribution is 0.168. The molecule has 1 aromatic carbocycles. The van der Waals surface area contributed by atoms with Gasteiger partial charge in [-0.1, -0.05) is 54.2 Å². The summed E-state index contributed by atoms with van der Waals surface area (Å²) in [7, 11) is 0. The largest absolute Gasteiger partial charge is 0.244 e. The SMILES string of the molecule is C=C(C)CCc1ccc(/C=C/C2=C(C(/C)=C/C=C\C)CCC(C)(F)C2)c(C)c1. The van der Waals surface area contributed by atoms with E-state index in [2.05, 4.69) is 69.9 Å². The van der Waals surface area contributed by atoms with Gasteiger partial charge in [0.05, 0.1) is 0 Å². The van der Waals surface area contributed by atoms with Crippen LogP contribution in [0.4, 0.5) is 4.39 Å². The summed E-state index contributed by atoms with van der Waals surface area (Å²) in [5.74, 6) is 0. The molecule has 0 spiro atoms. The molecule has 0 heterocycles. The Kier molecular flexibility index (Phi) is 7.80. The summed E-state index contributed by atoms with van der Waals surface area (Å²) in [5, 5.41) is 0. The number of alkyl halides is 1. The molecule has 0 amide bonds. The van der Waals surface area contributed by atoms with Gasteiger partial charge in [-0.05, 0) is 93.7 Å². The van der Waals surface area contributed by atoms with E-state index in [1.165, 1.54) is 33.4 Å². The molecule has 1 atom stereocenters. The van der Waals surface area contributed by atoms with Gasteiger partial charge in [0.2, 0.25) is 0 Å². The summed E-state index contributed by atoms with van der Waals surface area (Å²) >= 11 is 0. The van der Waals surface area contributed by atoms with Gasteiger partial charge in [-0.25, -0.2) is 4.39 Å². The van der Waals surface area contributed by atoms with Crippen molar-refractivity contribution in [3.63, 3.8) is 0 Å². The molecule has 1 heteroatoms. The lowest BCUT2D eigenvalue weighted by Crippen LogP contribution is -2.23. The van der Waals surface area contributed by atoms with E-state index in [0.29, 0.717) is 12.8 Å². The topological polar surface area (TPSA) is 0 Å². The van der Waals surface area contributed by atoms with Gasteiger partial charge in [-0.2, -0.15) is 0 Å². The molecule has 0 bridgehead atoms. The summed E-state index contributed by atoms with van der Waals surface area (Å²) in [6.07, 6.45) is 14.4. The second-order valence-corrected chi connectivity index (χ2v) is 8.45. The normalized spacial score (nSPS) is 21.1. The lowest BCUT2D eigenvalue weighted by atomic mass is 9.80. The molecular weight excluding hydrogens is 343 g/mol. The zero-order chi connectivity index (χ0) is 20.7. The van der Waals surface area contributed by atoms with Gasteiger partial charge in [0.25, 0.3) is 0 Å². The van der Waals surface area contributed by atoms with Gasteiger partial charge in [-0.3, -0.25) is 0 Å². The van der Waals surface area contributed by atoms with Gasteiger partial charge in [-0.15, -0.1) is 6.58 Å². The van der Waals surface area contributed by atoms with Gasteiger partial charge in [0, 0.05) is 6.42 Å². The van der Waals surface area contributed by atoms with E-state index in [1.54, 1.807) is 6.92 Å². The minimum absolute atomic E-state index is 0.482. The molecule has 1 aliphatic carbocycles. The highest BCUT2D eigenvalue weighted by atomic mass is 19.1. The fourth-order valence-electron chi connectivity index (χ4n) is 3.72. The molecule has 0 saturated heterocycles. The summed E-state index contributed by atoms with van der Waals surface area (Å²) in [4.78, 5) is 0. The first-order valence-electron chi connectivity index (χ1n) is 10.3. The number of rotatable bonds is 7. The second-order valence-electron chi connectivity index (χ2n) is 8.45. The first-order chi connectivity index (χ1) is 13.2. The lowest BCUT2D eigenvalue weighted by Gasteiger charge is -2.29. The van der Waals surface area contributed by atoms with Crippen molar-refractivity contribution in [2.24, 2.45) is 0 Å². The van der Waals surface area contributed by atoms with Crippen LogP contribution in [-0.2, 0) is 6.42 Å². The van der Waals surface area contributed by atoms with Crippen LogP contribution in [0.2, 0.25) is 0 Å². The molecule has 1 aromatic rings. The number of hydrogen-bond acceptors (Lipinski definition) is 0. The molecule has 0 N–H and O–H groups in total. The summed E-state index contributed by atoms with van der Waals surface area (Å²) < 4.78 is 14.7. The second kappa shape index (κ2) is 9.87. The monoisotopic (exact) mass is 378 g/mol. The molecule has 0 saturated carbocycles. The van der Waals surface area contributed by atoms with E-state index in [0.717, 1.165) is 24.8 Å². The molecule has 0 fully saturated rings. The molecule has 0 aliphatic heterocycles. The number of allylic oxidation sites excluding steroid dienone is 8. The Morgan fingerprint density at radius 2 is 2.00 bits per heavy atom. The molecule has 0 radical (unpaired) electrons. The zero-order valence-electron chi connectivity index (χ0n) is 18.2. The minimum Gasteiger partial charge on any atom is -0.244 e. The fourth-order valence-corrected chi connectivity index (χ4v) is 3.72. The van der Waals surface area contributed by atoms with Crippen molar-refractivity contribution >= 4 is 6.08 Å².